The van der Waals surface area contributed by atoms with Crippen molar-refractivity contribution in [2.24, 2.45) is 0 Å². The van der Waals surface area contributed by atoms with Crippen LogP contribution in [-0.4, -0.2) is 27.3 Å². The van der Waals surface area contributed by atoms with Crippen LogP contribution in [-0.2, 0) is 4.74 Å². The molecule has 0 aliphatic heterocycles. The van der Waals surface area contributed by atoms with Crippen LogP contribution in [0.3, 0.4) is 0 Å². The second-order valence-electron chi connectivity index (χ2n) is 3.39. The number of rotatable bonds is 3. The Bertz CT molecular complexity index is 632. The summed E-state index contributed by atoms with van der Waals surface area (Å²) >= 11 is 3.30. The van der Waals surface area contributed by atoms with Gasteiger partial charge in [-0.2, -0.15) is 4.68 Å². The molecule has 1 aromatic carbocycles. The number of H-pyrrole nitrogens is 1. The molecule has 1 N–H and O–H groups in total. The van der Waals surface area contributed by atoms with Gasteiger partial charge >= 0.3 is 11.7 Å². The monoisotopic (exact) mass is 311 g/mol. The molecule has 2 rings (SSSR count). The third kappa shape index (κ3) is 2.51. The molecule has 0 saturated heterocycles. The number of benzene rings is 1. The van der Waals surface area contributed by atoms with E-state index in [0.29, 0.717) is 5.69 Å². The van der Waals surface area contributed by atoms with Crippen LogP contribution in [0.25, 0.3) is 5.69 Å². The minimum absolute atomic E-state index is 0.109. The summed E-state index contributed by atoms with van der Waals surface area (Å²) in [6.07, 6.45) is 0. The van der Waals surface area contributed by atoms with Gasteiger partial charge in [0.2, 0.25) is 5.82 Å². The molecule has 0 aliphatic carbocycles. The molecule has 2 aromatic rings. The van der Waals surface area contributed by atoms with Crippen molar-refractivity contribution in [1.29, 1.82) is 0 Å². The third-order valence-electron chi connectivity index (χ3n) is 2.14. The van der Waals surface area contributed by atoms with E-state index in [9.17, 15) is 9.59 Å². The number of nitrogens with one attached hydrogen (secondary N) is 1. The van der Waals surface area contributed by atoms with Gasteiger partial charge in [-0.1, -0.05) is 22.0 Å². The number of hydrogen-bond acceptors (Lipinski definition) is 4. The highest BCUT2D eigenvalue weighted by Gasteiger charge is 2.14. The van der Waals surface area contributed by atoms with Crippen LogP contribution in [0.4, 0.5) is 0 Å². The van der Waals surface area contributed by atoms with Crippen LogP contribution in [0, 0.1) is 0 Å². The number of halogens is 1. The van der Waals surface area contributed by atoms with E-state index in [-0.39, 0.29) is 12.4 Å². The Hall–Kier alpha value is -1.89. The highest BCUT2D eigenvalue weighted by molar-refractivity contribution is 9.10. The third-order valence-corrected chi connectivity index (χ3v) is 2.63. The lowest BCUT2D eigenvalue weighted by atomic mass is 10.3. The SMILES string of the molecule is CCOC(=O)c1nn(-c2cccc(Br)c2)c(=O)[nH]1. The number of aromatic nitrogens is 3. The summed E-state index contributed by atoms with van der Waals surface area (Å²) in [5.41, 5.74) is 0.0670. The molecule has 1 heterocycles. The van der Waals surface area contributed by atoms with Gasteiger partial charge in [-0.05, 0) is 25.1 Å². The molecule has 94 valence electrons. The molecule has 0 amide bonds. The molecule has 0 spiro atoms. The molecule has 7 heteroatoms. The maximum Gasteiger partial charge on any atom is 0.376 e. The van der Waals surface area contributed by atoms with Gasteiger partial charge in [0, 0.05) is 4.47 Å². The van der Waals surface area contributed by atoms with E-state index < -0.39 is 11.7 Å². The van der Waals surface area contributed by atoms with Crippen molar-refractivity contribution >= 4 is 21.9 Å². The first-order valence-electron chi connectivity index (χ1n) is 5.24. The Labute approximate surface area is 111 Å². The minimum Gasteiger partial charge on any atom is -0.460 e. The molecule has 0 aliphatic rings. The Morgan fingerprint density at radius 2 is 2.33 bits per heavy atom. The normalized spacial score (nSPS) is 10.3. The van der Waals surface area contributed by atoms with E-state index in [2.05, 4.69) is 26.0 Å². The average molecular weight is 312 g/mol. The van der Waals surface area contributed by atoms with Gasteiger partial charge < -0.3 is 4.74 Å². The Morgan fingerprint density at radius 1 is 1.56 bits per heavy atom. The second kappa shape index (κ2) is 5.18. The van der Waals surface area contributed by atoms with Crippen molar-refractivity contribution in [2.45, 2.75) is 6.92 Å². The lowest BCUT2D eigenvalue weighted by Crippen LogP contribution is -2.15. The maximum atomic E-state index is 11.7. The predicted octanol–water partition coefficient (Wildman–Crippen LogP) is 1.50. The molecule has 1 aromatic heterocycles. The first kappa shape index (κ1) is 12.6. The van der Waals surface area contributed by atoms with Crippen LogP contribution < -0.4 is 5.69 Å². The van der Waals surface area contributed by atoms with Crippen molar-refractivity contribution in [1.82, 2.24) is 14.8 Å². The molecule has 0 saturated carbocycles. The van der Waals surface area contributed by atoms with Gasteiger partial charge in [0.15, 0.2) is 0 Å². The Morgan fingerprint density at radius 3 is 3.00 bits per heavy atom. The minimum atomic E-state index is -0.650. The summed E-state index contributed by atoms with van der Waals surface area (Å²) in [4.78, 5) is 25.5. The van der Waals surface area contributed by atoms with Crippen LogP contribution >= 0.6 is 15.9 Å². The van der Waals surface area contributed by atoms with Crippen LogP contribution in [0.1, 0.15) is 17.5 Å². The van der Waals surface area contributed by atoms with Crippen molar-refractivity contribution in [3.05, 3.63) is 45.0 Å². The fraction of sp³-hybridized carbons (Fsp3) is 0.182. The zero-order valence-electron chi connectivity index (χ0n) is 9.51. The second-order valence-corrected chi connectivity index (χ2v) is 4.31. The van der Waals surface area contributed by atoms with Crippen molar-refractivity contribution in [3.63, 3.8) is 0 Å². The van der Waals surface area contributed by atoms with Gasteiger partial charge in [0.25, 0.3) is 0 Å². The molecule has 6 nitrogen and oxygen atoms in total. The van der Waals surface area contributed by atoms with Gasteiger partial charge in [-0.25, -0.2) is 9.59 Å². The van der Waals surface area contributed by atoms with Crippen LogP contribution in [0.5, 0.6) is 0 Å². The van der Waals surface area contributed by atoms with Gasteiger partial charge in [0.1, 0.15) is 0 Å². The first-order chi connectivity index (χ1) is 8.61. The lowest BCUT2D eigenvalue weighted by Gasteiger charge is -1.99. The van der Waals surface area contributed by atoms with E-state index in [4.69, 9.17) is 4.74 Å². The molecule has 18 heavy (non-hydrogen) atoms. The molecule has 0 fully saturated rings. The molecule has 0 bridgehead atoms. The molecular weight excluding hydrogens is 302 g/mol. The van der Waals surface area contributed by atoms with Gasteiger partial charge in [-0.15, -0.1) is 5.10 Å². The summed E-state index contributed by atoms with van der Waals surface area (Å²) in [6.45, 7) is 1.91. The van der Waals surface area contributed by atoms with Crippen LogP contribution in [0.2, 0.25) is 0 Å². The van der Waals surface area contributed by atoms with E-state index in [1.165, 1.54) is 0 Å². The predicted molar refractivity (Wildman–Crippen MR) is 67.8 cm³/mol. The van der Waals surface area contributed by atoms with E-state index in [0.717, 1.165) is 9.15 Å². The standard InChI is InChI=1S/C11H10BrN3O3/c1-2-18-10(16)9-13-11(17)15(14-9)8-5-3-4-7(12)6-8/h3-6H,2H2,1H3,(H,13,14,17). The van der Waals surface area contributed by atoms with E-state index in [1.54, 1.807) is 25.1 Å². The van der Waals surface area contributed by atoms with Crippen molar-refractivity contribution in [3.8, 4) is 5.69 Å². The fourth-order valence-electron chi connectivity index (χ4n) is 1.40. The molecular formula is C11H10BrN3O3. The maximum absolute atomic E-state index is 11.7. The van der Waals surface area contributed by atoms with Gasteiger partial charge in [0.05, 0.1) is 12.3 Å². The largest absolute Gasteiger partial charge is 0.460 e. The number of hydrogen-bond donors (Lipinski definition) is 1. The summed E-state index contributed by atoms with van der Waals surface area (Å²) in [5, 5.41) is 3.89. The number of carbonyl (C=O) groups excluding carboxylic acids is 1. The molecule has 0 radical (unpaired) electrons. The van der Waals surface area contributed by atoms with Gasteiger partial charge in [-0.3, -0.25) is 4.98 Å². The van der Waals surface area contributed by atoms with E-state index >= 15 is 0 Å². The van der Waals surface area contributed by atoms with Crippen LogP contribution in [0.15, 0.2) is 33.5 Å². The quantitative estimate of drug-likeness (QED) is 0.871. The number of carbonyl (C=O) groups is 1. The Kier molecular flexibility index (Phi) is 3.61. The van der Waals surface area contributed by atoms with E-state index in [1.807, 2.05) is 6.07 Å². The smallest absolute Gasteiger partial charge is 0.376 e. The highest BCUT2D eigenvalue weighted by Crippen LogP contribution is 2.13. The molecule has 0 unspecified atom stereocenters. The Balaban J connectivity index is 2.41. The topological polar surface area (TPSA) is 77.0 Å². The molecule has 0 atom stereocenters. The number of ether oxygens (including phenoxy) is 1. The number of aromatic amines is 1. The fourth-order valence-corrected chi connectivity index (χ4v) is 1.79. The zero-order valence-corrected chi connectivity index (χ0v) is 11.1. The zero-order chi connectivity index (χ0) is 13.1. The summed E-state index contributed by atoms with van der Waals surface area (Å²) in [5.74, 6) is -0.759. The summed E-state index contributed by atoms with van der Waals surface area (Å²) in [6, 6.07) is 7.02. The lowest BCUT2D eigenvalue weighted by molar-refractivity contribution is 0.0512. The van der Waals surface area contributed by atoms with Crippen molar-refractivity contribution in [2.75, 3.05) is 6.61 Å². The number of esters is 1. The summed E-state index contributed by atoms with van der Waals surface area (Å²) < 4.78 is 6.68. The summed E-state index contributed by atoms with van der Waals surface area (Å²) in [7, 11) is 0. The number of nitrogens with zero attached hydrogens (tertiary/aromatic N) is 2. The highest BCUT2D eigenvalue weighted by atomic mass is 79.9. The van der Waals surface area contributed by atoms with Crippen molar-refractivity contribution < 1.29 is 9.53 Å². The first-order valence-corrected chi connectivity index (χ1v) is 6.03. The average Bonchev–Trinajstić information content (AvgIpc) is 2.72.